The van der Waals surface area contributed by atoms with Gasteiger partial charge in [0.1, 0.15) is 5.75 Å². The van der Waals surface area contributed by atoms with Crippen molar-refractivity contribution >= 4 is 23.3 Å². The number of aryl methyl sites for hydroxylation is 1. The Morgan fingerprint density at radius 2 is 1.94 bits per heavy atom. The van der Waals surface area contributed by atoms with Crippen molar-refractivity contribution in [3.63, 3.8) is 0 Å². The van der Waals surface area contributed by atoms with Gasteiger partial charge in [-0.05, 0) is 49.1 Å². The van der Waals surface area contributed by atoms with E-state index >= 15 is 0 Å². The van der Waals surface area contributed by atoms with Crippen molar-refractivity contribution in [3.8, 4) is 5.75 Å². The van der Waals surface area contributed by atoms with Crippen LogP contribution >= 0.6 is 0 Å². The molecule has 1 unspecified atom stereocenters. The van der Waals surface area contributed by atoms with E-state index in [0.29, 0.717) is 35.7 Å². The summed E-state index contributed by atoms with van der Waals surface area (Å²) < 4.78 is 39.6. The number of anilines is 1. The Hall–Kier alpha value is -3.60. The summed E-state index contributed by atoms with van der Waals surface area (Å²) in [5, 5.41) is 27.8. The summed E-state index contributed by atoms with van der Waals surface area (Å²) in [5.41, 5.74) is 0.607. The van der Waals surface area contributed by atoms with Crippen molar-refractivity contribution in [1.82, 2.24) is 10.6 Å². The van der Waals surface area contributed by atoms with Crippen LogP contribution in [0.2, 0.25) is 0 Å². The second kappa shape index (κ2) is 11.4. The van der Waals surface area contributed by atoms with Crippen LogP contribution in [0.5, 0.6) is 5.75 Å². The summed E-state index contributed by atoms with van der Waals surface area (Å²) >= 11 is 0. The number of alkyl halides is 3. The molecule has 2 aromatic carbocycles. The third-order valence-corrected chi connectivity index (χ3v) is 5.72. The molecule has 1 aliphatic heterocycles. The number of aliphatic hydroxyl groups excluding tert-OH is 1. The van der Waals surface area contributed by atoms with Crippen LogP contribution in [0.15, 0.2) is 41.4 Å². The van der Waals surface area contributed by atoms with Crippen molar-refractivity contribution in [1.29, 1.82) is 0 Å². The minimum absolute atomic E-state index is 0.0261. The molecule has 2 aromatic rings. The number of phenols is 1. The predicted molar refractivity (Wildman–Crippen MR) is 129 cm³/mol. The fourth-order valence-corrected chi connectivity index (χ4v) is 3.90. The van der Waals surface area contributed by atoms with Crippen molar-refractivity contribution in [2.75, 3.05) is 25.0 Å². The first-order chi connectivity index (χ1) is 16.9. The summed E-state index contributed by atoms with van der Waals surface area (Å²) in [6.07, 6.45) is -4.64. The molecule has 1 aliphatic rings. The SMILES string of the molecule is CC[C@H](CC(=O)CNC(=O)c1cc(O)cc(NC2=NCC(O)CN2)c1)c1cc(C)cc(C(F)(F)F)c1. The number of aromatic hydroxyl groups is 1. The Kier molecular flexibility index (Phi) is 8.57. The van der Waals surface area contributed by atoms with Crippen molar-refractivity contribution in [2.45, 2.75) is 44.9 Å². The van der Waals surface area contributed by atoms with Crippen LogP contribution in [0.25, 0.3) is 0 Å². The predicted octanol–water partition coefficient (Wildman–Crippen LogP) is 3.33. The van der Waals surface area contributed by atoms with Crippen LogP contribution in [-0.4, -0.2) is 53.6 Å². The molecule has 0 aliphatic carbocycles. The van der Waals surface area contributed by atoms with E-state index in [4.69, 9.17) is 0 Å². The topological polar surface area (TPSA) is 123 Å². The van der Waals surface area contributed by atoms with E-state index in [1.54, 1.807) is 19.9 Å². The lowest BCUT2D eigenvalue weighted by molar-refractivity contribution is -0.137. The number of halogens is 3. The first kappa shape index (κ1) is 27.0. The smallest absolute Gasteiger partial charge is 0.416 e. The molecule has 0 aromatic heterocycles. The summed E-state index contributed by atoms with van der Waals surface area (Å²) in [5.74, 6) is -1.15. The highest BCUT2D eigenvalue weighted by molar-refractivity contribution is 6.00. The number of amides is 1. The van der Waals surface area contributed by atoms with Crippen LogP contribution in [0.3, 0.4) is 0 Å². The van der Waals surface area contributed by atoms with Gasteiger partial charge in [-0.1, -0.05) is 18.6 Å². The molecule has 194 valence electrons. The molecule has 0 radical (unpaired) electrons. The van der Waals surface area contributed by atoms with Crippen LogP contribution in [0, 0.1) is 6.92 Å². The number of ketones is 1. The van der Waals surface area contributed by atoms with Gasteiger partial charge in [-0.3, -0.25) is 14.6 Å². The van der Waals surface area contributed by atoms with Crippen molar-refractivity contribution in [2.24, 2.45) is 4.99 Å². The number of β-amino-alcohol motifs (C(OH)–C–C–N with tert-alkyl or cyclic N) is 1. The third-order valence-electron chi connectivity index (χ3n) is 5.72. The number of phenolic OH excluding ortho intramolecular Hbond substituents is 1. The first-order valence-corrected chi connectivity index (χ1v) is 11.5. The Morgan fingerprint density at radius 3 is 2.58 bits per heavy atom. The second-order valence-electron chi connectivity index (χ2n) is 8.78. The molecule has 0 spiro atoms. The second-order valence-corrected chi connectivity index (χ2v) is 8.78. The van der Waals surface area contributed by atoms with Gasteiger partial charge in [-0.25, -0.2) is 0 Å². The molecule has 8 nitrogen and oxygen atoms in total. The van der Waals surface area contributed by atoms with Crippen LogP contribution in [-0.2, 0) is 11.0 Å². The summed E-state index contributed by atoms with van der Waals surface area (Å²) in [6.45, 7) is 3.57. The normalized spacial score (nSPS) is 16.5. The van der Waals surface area contributed by atoms with E-state index in [9.17, 15) is 33.0 Å². The molecule has 3 rings (SSSR count). The third kappa shape index (κ3) is 7.45. The number of aliphatic hydroxyl groups is 1. The highest BCUT2D eigenvalue weighted by Gasteiger charge is 2.31. The van der Waals surface area contributed by atoms with E-state index in [2.05, 4.69) is 20.9 Å². The number of benzene rings is 2. The molecular formula is C25H29F3N4O4. The number of carbonyl (C=O) groups is 2. The van der Waals surface area contributed by atoms with Crippen LogP contribution < -0.4 is 16.0 Å². The lowest BCUT2D eigenvalue weighted by Gasteiger charge is -2.20. The van der Waals surface area contributed by atoms with Gasteiger partial charge in [0.2, 0.25) is 0 Å². The molecule has 0 saturated heterocycles. The number of nitrogens with zero attached hydrogens (tertiary/aromatic N) is 1. The Labute approximate surface area is 206 Å². The van der Waals surface area contributed by atoms with E-state index in [1.807, 2.05) is 0 Å². The lowest BCUT2D eigenvalue weighted by Crippen LogP contribution is -2.42. The summed E-state index contributed by atoms with van der Waals surface area (Å²) in [6, 6.07) is 7.88. The van der Waals surface area contributed by atoms with E-state index in [0.717, 1.165) is 12.1 Å². The largest absolute Gasteiger partial charge is 0.508 e. The Morgan fingerprint density at radius 1 is 1.19 bits per heavy atom. The molecule has 0 saturated carbocycles. The minimum Gasteiger partial charge on any atom is -0.508 e. The number of aliphatic imine (C=N–C) groups is 1. The number of carbonyl (C=O) groups excluding carboxylic acids is 2. The molecule has 1 heterocycles. The average molecular weight is 507 g/mol. The molecule has 0 bridgehead atoms. The zero-order valence-electron chi connectivity index (χ0n) is 19.9. The number of nitrogens with one attached hydrogen (secondary N) is 3. The lowest BCUT2D eigenvalue weighted by atomic mass is 9.89. The minimum atomic E-state index is -4.48. The monoisotopic (exact) mass is 506 g/mol. The number of hydrogen-bond donors (Lipinski definition) is 5. The maximum Gasteiger partial charge on any atom is 0.416 e. The maximum absolute atomic E-state index is 13.2. The van der Waals surface area contributed by atoms with Crippen molar-refractivity contribution in [3.05, 3.63) is 58.7 Å². The molecular weight excluding hydrogens is 477 g/mol. The highest BCUT2D eigenvalue weighted by atomic mass is 19.4. The zero-order chi connectivity index (χ0) is 26.5. The summed E-state index contributed by atoms with van der Waals surface area (Å²) in [4.78, 5) is 29.3. The Balaban J connectivity index is 1.62. The number of rotatable bonds is 8. The number of guanidine groups is 1. The van der Waals surface area contributed by atoms with E-state index < -0.39 is 29.7 Å². The molecule has 11 heteroatoms. The quantitative estimate of drug-likeness (QED) is 0.374. The van der Waals surface area contributed by atoms with Crippen LogP contribution in [0.4, 0.5) is 18.9 Å². The van der Waals surface area contributed by atoms with E-state index in [1.165, 1.54) is 18.2 Å². The van der Waals surface area contributed by atoms with Gasteiger partial charge >= 0.3 is 6.18 Å². The Bertz CT molecular complexity index is 1150. The van der Waals surface area contributed by atoms with Crippen LogP contribution in [0.1, 0.15) is 52.7 Å². The highest BCUT2D eigenvalue weighted by Crippen LogP contribution is 2.34. The number of Topliss-reactive ketones (excluding diaryl/α,β-unsaturated/α-hetero) is 1. The summed E-state index contributed by atoms with van der Waals surface area (Å²) in [7, 11) is 0. The first-order valence-electron chi connectivity index (χ1n) is 11.5. The molecule has 2 atom stereocenters. The van der Waals surface area contributed by atoms with Gasteiger partial charge in [0.25, 0.3) is 5.91 Å². The molecule has 0 fully saturated rings. The molecule has 1 amide bonds. The standard InChI is InChI=1S/C25H29F3N4O4/c1-3-15(16-4-14(2)5-18(6-16)25(26,27)28)8-21(34)11-29-23(36)17-7-19(10-20(33)9-17)32-24-30-12-22(35)13-31-24/h4-7,9-10,15,22,33,35H,3,8,11-13H2,1-2H3,(H,29,36)(H2,30,31,32)/t15-/m1/s1. The van der Waals surface area contributed by atoms with E-state index in [-0.39, 0.29) is 36.6 Å². The van der Waals surface area contributed by atoms with Crippen molar-refractivity contribution < 1.29 is 33.0 Å². The fourth-order valence-electron chi connectivity index (χ4n) is 3.90. The molecule has 5 N–H and O–H groups in total. The number of hydrogen-bond acceptors (Lipinski definition) is 7. The van der Waals surface area contributed by atoms with Gasteiger partial charge in [-0.2, -0.15) is 13.2 Å². The van der Waals surface area contributed by atoms with Gasteiger partial charge in [-0.15, -0.1) is 0 Å². The van der Waals surface area contributed by atoms with Gasteiger partial charge < -0.3 is 26.2 Å². The van der Waals surface area contributed by atoms with Gasteiger partial charge in [0.15, 0.2) is 11.7 Å². The fraction of sp³-hybridized carbons (Fsp3) is 0.400. The zero-order valence-corrected chi connectivity index (χ0v) is 19.9. The maximum atomic E-state index is 13.2. The van der Waals surface area contributed by atoms with Gasteiger partial charge in [0, 0.05) is 30.3 Å². The average Bonchev–Trinajstić information content (AvgIpc) is 2.81. The molecule has 36 heavy (non-hydrogen) atoms. The van der Waals surface area contributed by atoms with Gasteiger partial charge in [0.05, 0.1) is 24.8 Å².